The molecule has 3 rings (SSSR count). The molecular formula is C24H28ClN3O3. The molecule has 0 saturated heterocycles. The molecule has 0 aliphatic rings. The topological polar surface area (TPSA) is 65.4 Å². The van der Waals surface area contributed by atoms with Crippen molar-refractivity contribution in [2.24, 2.45) is 0 Å². The van der Waals surface area contributed by atoms with Crippen LogP contribution in [0.5, 0.6) is 11.5 Å². The van der Waals surface area contributed by atoms with Gasteiger partial charge in [-0.25, -0.2) is 4.68 Å². The maximum Gasteiger partial charge on any atom is 0.255 e. The summed E-state index contributed by atoms with van der Waals surface area (Å²) in [5.74, 6) is 0.643. The summed E-state index contributed by atoms with van der Waals surface area (Å²) in [4.78, 5) is 13.0. The zero-order valence-electron chi connectivity index (χ0n) is 18.4. The zero-order chi connectivity index (χ0) is 22.4. The van der Waals surface area contributed by atoms with Crippen molar-refractivity contribution >= 4 is 23.2 Å². The lowest BCUT2D eigenvalue weighted by Crippen LogP contribution is -2.14. The largest absolute Gasteiger partial charge is 0.490 e. The van der Waals surface area contributed by atoms with Crippen molar-refractivity contribution in [1.82, 2.24) is 9.78 Å². The second-order valence-electron chi connectivity index (χ2n) is 7.17. The third-order valence-corrected chi connectivity index (χ3v) is 5.13. The highest BCUT2D eigenvalue weighted by Crippen LogP contribution is 2.37. The van der Waals surface area contributed by atoms with Gasteiger partial charge in [-0.2, -0.15) is 5.10 Å². The molecule has 1 aromatic heterocycles. The molecule has 31 heavy (non-hydrogen) atoms. The van der Waals surface area contributed by atoms with E-state index in [1.165, 1.54) is 0 Å². The van der Waals surface area contributed by atoms with E-state index in [0.717, 1.165) is 29.9 Å². The van der Waals surface area contributed by atoms with Crippen LogP contribution in [0.4, 0.5) is 5.69 Å². The number of hydrogen-bond acceptors (Lipinski definition) is 4. The lowest BCUT2D eigenvalue weighted by Gasteiger charge is -2.15. The molecule has 0 saturated carbocycles. The van der Waals surface area contributed by atoms with Crippen molar-refractivity contribution in [1.29, 1.82) is 0 Å². The summed E-state index contributed by atoms with van der Waals surface area (Å²) in [6.45, 7) is 8.73. The summed E-state index contributed by atoms with van der Waals surface area (Å²) in [5.41, 5.74) is 3.56. The Balaban J connectivity index is 1.87. The molecule has 0 atom stereocenters. The van der Waals surface area contributed by atoms with Crippen LogP contribution in [0.2, 0.25) is 5.02 Å². The molecule has 0 fully saturated rings. The molecule has 6 nitrogen and oxygen atoms in total. The number of anilines is 1. The zero-order valence-corrected chi connectivity index (χ0v) is 19.1. The number of benzene rings is 2. The Morgan fingerprint density at radius 2 is 1.87 bits per heavy atom. The van der Waals surface area contributed by atoms with Gasteiger partial charge in [0.05, 0.1) is 41.0 Å². The van der Waals surface area contributed by atoms with Crippen LogP contribution in [0.15, 0.2) is 42.5 Å². The molecule has 164 valence electrons. The summed E-state index contributed by atoms with van der Waals surface area (Å²) in [6.07, 6.45) is 1.92. The Labute approximate surface area is 188 Å². The molecule has 0 spiro atoms. The smallest absolute Gasteiger partial charge is 0.255 e. The Morgan fingerprint density at radius 1 is 1.13 bits per heavy atom. The molecule has 3 aromatic rings. The molecule has 2 aromatic carbocycles. The molecule has 1 amide bonds. The number of carbonyl (C=O) groups is 1. The van der Waals surface area contributed by atoms with Crippen LogP contribution in [-0.2, 0) is 0 Å². The fourth-order valence-electron chi connectivity index (χ4n) is 3.25. The fraction of sp³-hybridized carbons (Fsp3) is 0.333. The molecule has 0 unspecified atom stereocenters. The van der Waals surface area contributed by atoms with Gasteiger partial charge >= 0.3 is 0 Å². The van der Waals surface area contributed by atoms with Crippen LogP contribution in [0.25, 0.3) is 5.69 Å². The van der Waals surface area contributed by atoms with Gasteiger partial charge in [0.1, 0.15) is 0 Å². The highest BCUT2D eigenvalue weighted by molar-refractivity contribution is 6.32. The maximum atomic E-state index is 13.0. The lowest BCUT2D eigenvalue weighted by atomic mass is 10.1. The number of carbonyl (C=O) groups excluding carboxylic acids is 1. The summed E-state index contributed by atoms with van der Waals surface area (Å²) < 4.78 is 13.3. The van der Waals surface area contributed by atoms with Gasteiger partial charge in [-0.15, -0.1) is 0 Å². The normalized spacial score (nSPS) is 10.7. The average molecular weight is 442 g/mol. The van der Waals surface area contributed by atoms with Gasteiger partial charge in [0.25, 0.3) is 5.91 Å². The minimum Gasteiger partial charge on any atom is -0.490 e. The van der Waals surface area contributed by atoms with Crippen LogP contribution < -0.4 is 14.8 Å². The first-order valence-corrected chi connectivity index (χ1v) is 10.9. The summed E-state index contributed by atoms with van der Waals surface area (Å²) >= 11 is 6.44. The van der Waals surface area contributed by atoms with E-state index >= 15 is 0 Å². The molecule has 1 N–H and O–H groups in total. The maximum absolute atomic E-state index is 13.0. The predicted molar refractivity (Wildman–Crippen MR) is 124 cm³/mol. The van der Waals surface area contributed by atoms with E-state index in [9.17, 15) is 4.79 Å². The van der Waals surface area contributed by atoms with Crippen LogP contribution >= 0.6 is 11.6 Å². The second kappa shape index (κ2) is 10.4. The predicted octanol–water partition coefficient (Wildman–Crippen LogP) is 5.97. The van der Waals surface area contributed by atoms with Crippen LogP contribution in [0, 0.1) is 13.8 Å². The summed E-state index contributed by atoms with van der Waals surface area (Å²) in [6, 6.07) is 13.1. The van der Waals surface area contributed by atoms with E-state index < -0.39 is 0 Å². The number of unbranched alkanes of at least 4 members (excludes halogenated alkanes) is 1. The first-order chi connectivity index (χ1) is 15.0. The first-order valence-electron chi connectivity index (χ1n) is 10.5. The summed E-state index contributed by atoms with van der Waals surface area (Å²) in [5, 5.41) is 7.90. The van der Waals surface area contributed by atoms with E-state index in [0.29, 0.717) is 41.0 Å². The SMILES string of the molecule is CCCCOc1c(Cl)cc(C(=O)Nc2c(C)nn(-c3ccccc3)c2C)cc1OCC. The number of ether oxygens (including phenoxy) is 2. The van der Waals surface area contributed by atoms with Gasteiger partial charge in [-0.1, -0.05) is 43.1 Å². The number of hydrogen-bond donors (Lipinski definition) is 1. The highest BCUT2D eigenvalue weighted by Gasteiger charge is 2.20. The van der Waals surface area contributed by atoms with Crippen molar-refractivity contribution in [3.05, 3.63) is 64.4 Å². The van der Waals surface area contributed by atoms with Gasteiger partial charge in [0, 0.05) is 5.56 Å². The lowest BCUT2D eigenvalue weighted by molar-refractivity contribution is 0.102. The Kier molecular flexibility index (Phi) is 7.58. The Hall–Kier alpha value is -2.99. The highest BCUT2D eigenvalue weighted by atomic mass is 35.5. The van der Waals surface area contributed by atoms with Crippen molar-refractivity contribution < 1.29 is 14.3 Å². The number of halogens is 1. The van der Waals surface area contributed by atoms with Crippen molar-refractivity contribution in [3.63, 3.8) is 0 Å². The number of nitrogens with one attached hydrogen (secondary N) is 1. The molecule has 0 aliphatic heterocycles. The second-order valence-corrected chi connectivity index (χ2v) is 7.57. The van der Waals surface area contributed by atoms with E-state index in [1.807, 2.05) is 55.8 Å². The minimum atomic E-state index is -0.290. The molecule has 0 radical (unpaired) electrons. The van der Waals surface area contributed by atoms with Gasteiger partial charge in [-0.05, 0) is 51.5 Å². The summed E-state index contributed by atoms with van der Waals surface area (Å²) in [7, 11) is 0. The Bertz CT molecular complexity index is 1050. The van der Waals surface area contributed by atoms with Gasteiger partial charge < -0.3 is 14.8 Å². The number of amides is 1. The minimum absolute atomic E-state index is 0.290. The van der Waals surface area contributed by atoms with Crippen molar-refractivity contribution in [2.75, 3.05) is 18.5 Å². The quantitative estimate of drug-likeness (QED) is 0.415. The molecule has 0 aliphatic carbocycles. The molecule has 0 bridgehead atoms. The van der Waals surface area contributed by atoms with Crippen LogP contribution in [0.3, 0.4) is 0 Å². The third-order valence-electron chi connectivity index (χ3n) is 4.85. The standard InChI is InChI=1S/C24H28ClN3O3/c1-5-7-13-31-23-20(25)14-18(15-21(23)30-6-2)24(29)26-22-16(3)27-28(17(22)4)19-11-9-8-10-12-19/h8-12,14-15H,5-7,13H2,1-4H3,(H,26,29). The monoisotopic (exact) mass is 441 g/mol. The fourth-order valence-corrected chi connectivity index (χ4v) is 3.52. The van der Waals surface area contributed by atoms with E-state index in [-0.39, 0.29) is 5.91 Å². The Morgan fingerprint density at radius 3 is 2.55 bits per heavy atom. The van der Waals surface area contributed by atoms with E-state index in [2.05, 4.69) is 17.3 Å². The van der Waals surface area contributed by atoms with E-state index in [4.69, 9.17) is 21.1 Å². The third kappa shape index (κ3) is 5.20. The van der Waals surface area contributed by atoms with Crippen molar-refractivity contribution in [2.45, 2.75) is 40.5 Å². The number of nitrogens with zero attached hydrogens (tertiary/aromatic N) is 2. The van der Waals surface area contributed by atoms with Crippen LogP contribution in [-0.4, -0.2) is 28.9 Å². The van der Waals surface area contributed by atoms with Gasteiger partial charge in [0.2, 0.25) is 0 Å². The van der Waals surface area contributed by atoms with Crippen molar-refractivity contribution in [3.8, 4) is 17.2 Å². The first kappa shape index (κ1) is 22.7. The molecular weight excluding hydrogens is 414 g/mol. The van der Waals surface area contributed by atoms with E-state index in [1.54, 1.807) is 12.1 Å². The molecule has 7 heteroatoms. The van der Waals surface area contributed by atoms with Crippen LogP contribution in [0.1, 0.15) is 48.4 Å². The number of para-hydroxylation sites is 1. The average Bonchev–Trinajstić information content (AvgIpc) is 3.04. The number of aryl methyl sites for hydroxylation is 1. The number of aromatic nitrogens is 2. The van der Waals surface area contributed by atoms with Gasteiger partial charge in [0.15, 0.2) is 11.5 Å². The number of rotatable bonds is 9. The molecule has 1 heterocycles. The van der Waals surface area contributed by atoms with Gasteiger partial charge in [-0.3, -0.25) is 4.79 Å².